The van der Waals surface area contributed by atoms with Crippen molar-refractivity contribution in [2.45, 2.75) is 12.8 Å². The number of fused-ring (bicyclic) bond motifs is 2. The first-order valence-corrected chi connectivity index (χ1v) is 6.40. The Morgan fingerprint density at radius 3 is 2.69 bits per heavy atom. The molecule has 0 unspecified atom stereocenters. The van der Waals surface area contributed by atoms with Crippen LogP contribution in [0.3, 0.4) is 0 Å². The van der Waals surface area contributed by atoms with E-state index in [1.165, 1.54) is 18.6 Å². The topological polar surface area (TPSA) is 67.5 Å². The zero-order valence-electron chi connectivity index (χ0n) is 8.97. The van der Waals surface area contributed by atoms with E-state index >= 15 is 0 Å². The number of nitrogens with zero attached hydrogens (tertiary/aromatic N) is 1. The van der Waals surface area contributed by atoms with E-state index in [-0.39, 0.29) is 0 Å². The maximum Gasteiger partial charge on any atom is 0.332 e. The highest BCUT2D eigenvalue weighted by molar-refractivity contribution is 5.96. The average molecular weight is 217 g/mol. The van der Waals surface area contributed by atoms with Crippen LogP contribution in [-0.2, 0) is 0 Å². The molecule has 5 fully saturated rings. The molecule has 0 spiro atoms. The highest BCUT2D eigenvalue weighted by Gasteiger charge is 2.79. The number of hydrazone groups is 1. The fourth-order valence-corrected chi connectivity index (χ4v) is 6.40. The van der Waals surface area contributed by atoms with Gasteiger partial charge in [0.25, 0.3) is 0 Å². The molecule has 5 aliphatic rings. The van der Waals surface area contributed by atoms with E-state index in [0.717, 1.165) is 41.4 Å². The summed E-state index contributed by atoms with van der Waals surface area (Å²) in [5.74, 6) is 7.16. The summed E-state index contributed by atoms with van der Waals surface area (Å²) >= 11 is 0. The van der Waals surface area contributed by atoms with Crippen LogP contribution in [-0.4, -0.2) is 11.7 Å². The van der Waals surface area contributed by atoms with Crippen LogP contribution in [0.4, 0.5) is 4.79 Å². The summed E-state index contributed by atoms with van der Waals surface area (Å²) in [4.78, 5) is 10.8. The SMILES string of the molecule is NC(=O)N/N=C1/[C@H]2[C@@H]3C[C@H]4[C@H]1[C@@H]1[C@@H]2C[C@@H]3[C@H]41. The lowest BCUT2D eigenvalue weighted by molar-refractivity contribution is 0.0503. The Bertz CT molecular complexity index is 440. The number of nitrogens with one attached hydrogen (secondary N) is 1. The number of amides is 2. The standard InChI is InChI=1S/C12H15N3O/c13-12(16)15-14-11-8-4-2-5-7-3(4)1-6(8)9(7)10(5)11/h3-10H,1-2H2,(H3,13,15,16)/b14-11-/t3-,4+,5+,6+,7+,8-,9+,10-/m0/s1. The van der Waals surface area contributed by atoms with Crippen molar-refractivity contribution >= 4 is 11.7 Å². The highest BCUT2D eigenvalue weighted by Crippen LogP contribution is 2.81. The fraction of sp³-hybridized carbons (Fsp3) is 0.833. The van der Waals surface area contributed by atoms with Gasteiger partial charge in [0.1, 0.15) is 0 Å². The van der Waals surface area contributed by atoms with Crippen LogP contribution in [0.2, 0.25) is 0 Å². The number of carbonyl (C=O) groups is 1. The van der Waals surface area contributed by atoms with Gasteiger partial charge in [-0.1, -0.05) is 0 Å². The minimum Gasteiger partial charge on any atom is -0.350 e. The third kappa shape index (κ3) is 0.590. The molecule has 4 nitrogen and oxygen atoms in total. The molecule has 0 heterocycles. The van der Waals surface area contributed by atoms with Gasteiger partial charge in [0.15, 0.2) is 0 Å². The van der Waals surface area contributed by atoms with E-state index in [0.29, 0.717) is 5.92 Å². The van der Waals surface area contributed by atoms with Crippen molar-refractivity contribution in [3.05, 3.63) is 0 Å². The molecule has 2 bridgehead atoms. The lowest BCUT2D eigenvalue weighted by atomic mass is 9.59. The third-order valence-electron chi connectivity index (χ3n) is 6.34. The molecule has 4 heteroatoms. The molecule has 0 aromatic heterocycles. The predicted octanol–water partition coefficient (Wildman–Crippen LogP) is 0.788. The van der Waals surface area contributed by atoms with E-state index in [1.54, 1.807) is 0 Å². The van der Waals surface area contributed by atoms with Crippen molar-refractivity contribution < 1.29 is 4.79 Å². The quantitative estimate of drug-likeness (QED) is 0.626. The lowest BCUT2D eigenvalue weighted by Gasteiger charge is -2.44. The van der Waals surface area contributed by atoms with Crippen molar-refractivity contribution in [1.29, 1.82) is 0 Å². The largest absolute Gasteiger partial charge is 0.350 e. The summed E-state index contributed by atoms with van der Waals surface area (Å²) in [7, 11) is 0. The molecule has 0 radical (unpaired) electrons. The van der Waals surface area contributed by atoms with E-state index in [2.05, 4.69) is 10.5 Å². The smallest absolute Gasteiger partial charge is 0.332 e. The normalized spacial score (nSPS) is 64.4. The average Bonchev–Trinajstić information content (AvgIpc) is 2.72. The molecule has 0 aliphatic heterocycles. The number of rotatable bonds is 1. The van der Waals surface area contributed by atoms with Crippen molar-refractivity contribution in [2.24, 2.45) is 58.2 Å². The molecular weight excluding hydrogens is 202 g/mol. The van der Waals surface area contributed by atoms with Crippen molar-refractivity contribution in [1.82, 2.24) is 5.43 Å². The summed E-state index contributed by atoms with van der Waals surface area (Å²) in [5.41, 5.74) is 8.87. The summed E-state index contributed by atoms with van der Waals surface area (Å²) in [6.07, 6.45) is 2.90. The van der Waals surface area contributed by atoms with Gasteiger partial charge in [0.05, 0.1) is 0 Å². The van der Waals surface area contributed by atoms with E-state index < -0.39 is 6.03 Å². The Morgan fingerprint density at radius 1 is 1.12 bits per heavy atom. The van der Waals surface area contributed by atoms with Crippen LogP contribution in [0.25, 0.3) is 0 Å². The van der Waals surface area contributed by atoms with Crippen molar-refractivity contribution in [2.75, 3.05) is 0 Å². The van der Waals surface area contributed by atoms with E-state index in [4.69, 9.17) is 5.73 Å². The summed E-state index contributed by atoms with van der Waals surface area (Å²) in [6, 6.07) is -0.522. The van der Waals surface area contributed by atoms with Crippen LogP contribution in [0.1, 0.15) is 12.8 Å². The maximum absolute atomic E-state index is 10.8. The van der Waals surface area contributed by atoms with Crippen LogP contribution in [0.15, 0.2) is 5.10 Å². The molecule has 5 saturated carbocycles. The maximum atomic E-state index is 10.8. The molecule has 2 amide bonds. The third-order valence-corrected chi connectivity index (χ3v) is 6.34. The van der Waals surface area contributed by atoms with Crippen LogP contribution < -0.4 is 11.2 Å². The Morgan fingerprint density at radius 2 is 1.88 bits per heavy atom. The predicted molar refractivity (Wildman–Crippen MR) is 57.3 cm³/mol. The van der Waals surface area contributed by atoms with Gasteiger partial charge in [-0.2, -0.15) is 5.10 Å². The Balaban J connectivity index is 1.60. The molecule has 5 aliphatic carbocycles. The van der Waals surface area contributed by atoms with Gasteiger partial charge in [-0.3, -0.25) is 0 Å². The number of hydrogen-bond donors (Lipinski definition) is 2. The van der Waals surface area contributed by atoms with E-state index in [1.807, 2.05) is 0 Å². The first-order valence-electron chi connectivity index (χ1n) is 6.40. The minimum absolute atomic E-state index is 0.522. The number of hydrogen-bond acceptors (Lipinski definition) is 2. The van der Waals surface area contributed by atoms with Gasteiger partial charge in [0, 0.05) is 17.5 Å². The number of primary amides is 1. The van der Waals surface area contributed by atoms with Crippen LogP contribution in [0.5, 0.6) is 0 Å². The summed E-state index contributed by atoms with van der Waals surface area (Å²) in [6.45, 7) is 0. The molecule has 0 saturated heterocycles. The number of urea groups is 1. The Hall–Kier alpha value is -1.06. The van der Waals surface area contributed by atoms with Crippen molar-refractivity contribution in [3.8, 4) is 0 Å². The number of carbonyl (C=O) groups excluding carboxylic acids is 1. The second-order valence-electron chi connectivity index (χ2n) is 6.35. The summed E-state index contributed by atoms with van der Waals surface area (Å²) < 4.78 is 0. The number of nitrogens with two attached hydrogens (primary N) is 1. The van der Waals surface area contributed by atoms with Crippen molar-refractivity contribution in [3.63, 3.8) is 0 Å². The Kier molecular flexibility index (Phi) is 1.09. The fourth-order valence-electron chi connectivity index (χ4n) is 6.40. The first-order chi connectivity index (χ1) is 7.77. The zero-order valence-corrected chi connectivity index (χ0v) is 8.97. The lowest BCUT2D eigenvalue weighted by Crippen LogP contribution is -2.44. The zero-order chi connectivity index (χ0) is 10.6. The van der Waals surface area contributed by atoms with Gasteiger partial charge < -0.3 is 5.73 Å². The summed E-state index contributed by atoms with van der Waals surface area (Å²) in [5, 5.41) is 4.33. The second kappa shape index (κ2) is 2.15. The van der Waals surface area contributed by atoms with Crippen LogP contribution in [0, 0.1) is 47.3 Å². The molecular formula is C12H15N3O. The van der Waals surface area contributed by atoms with Gasteiger partial charge >= 0.3 is 6.03 Å². The molecule has 5 rings (SSSR count). The molecule has 3 N–H and O–H groups in total. The minimum atomic E-state index is -0.522. The van der Waals surface area contributed by atoms with Gasteiger partial charge in [-0.05, 0) is 48.3 Å². The molecule has 8 atom stereocenters. The van der Waals surface area contributed by atoms with E-state index in [9.17, 15) is 4.79 Å². The second-order valence-corrected chi connectivity index (χ2v) is 6.35. The first kappa shape index (κ1) is 8.09. The van der Waals surface area contributed by atoms with Crippen LogP contribution >= 0.6 is 0 Å². The van der Waals surface area contributed by atoms with Gasteiger partial charge in [-0.15, -0.1) is 0 Å². The monoisotopic (exact) mass is 217 g/mol. The molecule has 0 aromatic rings. The molecule has 0 aromatic carbocycles. The van der Waals surface area contributed by atoms with Gasteiger partial charge in [-0.25, -0.2) is 10.2 Å². The Labute approximate surface area is 93.6 Å². The highest BCUT2D eigenvalue weighted by atomic mass is 16.2. The van der Waals surface area contributed by atoms with Gasteiger partial charge in [0.2, 0.25) is 0 Å². The molecule has 84 valence electrons. The molecule has 16 heavy (non-hydrogen) atoms.